The molecule has 24 heavy (non-hydrogen) atoms. The number of methoxy groups -OCH3 is 1. The van der Waals surface area contributed by atoms with E-state index >= 15 is 0 Å². The summed E-state index contributed by atoms with van der Waals surface area (Å²) in [5.74, 6) is -0.361. The molecule has 5 nitrogen and oxygen atoms in total. The van der Waals surface area contributed by atoms with Gasteiger partial charge in [-0.1, -0.05) is 49.4 Å². The van der Waals surface area contributed by atoms with Crippen LogP contribution in [0.1, 0.15) is 24.0 Å². The van der Waals surface area contributed by atoms with Crippen LogP contribution < -0.4 is 15.4 Å². The Morgan fingerprint density at radius 3 is 2.21 bits per heavy atom. The van der Waals surface area contributed by atoms with Crippen molar-refractivity contribution in [2.75, 3.05) is 13.7 Å². The Morgan fingerprint density at radius 1 is 0.958 bits per heavy atom. The van der Waals surface area contributed by atoms with Gasteiger partial charge in [-0.15, -0.1) is 0 Å². The fourth-order valence-electron chi connectivity index (χ4n) is 2.23. The van der Waals surface area contributed by atoms with Crippen LogP contribution in [0.4, 0.5) is 0 Å². The van der Waals surface area contributed by atoms with Crippen molar-refractivity contribution in [3.05, 3.63) is 65.7 Å². The molecule has 2 rings (SSSR count). The number of hydrogen-bond acceptors (Lipinski definition) is 3. The van der Waals surface area contributed by atoms with Gasteiger partial charge in [0.15, 0.2) is 0 Å². The lowest BCUT2D eigenvalue weighted by atomic mass is 10.0. The Bertz CT molecular complexity index is 669. The lowest BCUT2D eigenvalue weighted by molar-refractivity contribution is -0.139. The van der Waals surface area contributed by atoms with Gasteiger partial charge in [-0.25, -0.2) is 0 Å². The zero-order valence-corrected chi connectivity index (χ0v) is 13.9. The van der Waals surface area contributed by atoms with Gasteiger partial charge in [-0.05, 0) is 29.2 Å². The van der Waals surface area contributed by atoms with Crippen molar-refractivity contribution in [1.82, 2.24) is 10.6 Å². The van der Waals surface area contributed by atoms with Gasteiger partial charge in [0.1, 0.15) is 5.75 Å². The number of carbonyl (C=O) groups is 2. The molecule has 0 radical (unpaired) electrons. The molecule has 5 heteroatoms. The Morgan fingerprint density at radius 2 is 1.58 bits per heavy atom. The monoisotopic (exact) mass is 326 g/mol. The van der Waals surface area contributed by atoms with Crippen LogP contribution in [0.3, 0.4) is 0 Å². The molecule has 0 fully saturated rings. The van der Waals surface area contributed by atoms with Gasteiger partial charge >= 0.3 is 11.8 Å². The van der Waals surface area contributed by atoms with Gasteiger partial charge in [0.2, 0.25) is 0 Å². The minimum atomic E-state index is -0.633. The molecule has 0 aliphatic rings. The first-order valence-electron chi connectivity index (χ1n) is 7.84. The molecule has 0 aliphatic carbocycles. The summed E-state index contributed by atoms with van der Waals surface area (Å²) in [6.45, 7) is 2.72. The molecule has 1 atom stereocenters. The van der Waals surface area contributed by atoms with E-state index in [2.05, 4.69) is 10.6 Å². The molecule has 0 spiro atoms. The Balaban J connectivity index is 1.76. The minimum Gasteiger partial charge on any atom is -0.497 e. The number of amides is 2. The van der Waals surface area contributed by atoms with Gasteiger partial charge < -0.3 is 15.4 Å². The van der Waals surface area contributed by atoms with Crippen molar-refractivity contribution in [3.63, 3.8) is 0 Å². The third kappa shape index (κ3) is 5.12. The van der Waals surface area contributed by atoms with Crippen LogP contribution in [0, 0.1) is 0 Å². The van der Waals surface area contributed by atoms with Crippen molar-refractivity contribution in [3.8, 4) is 5.75 Å². The number of hydrogen-bond donors (Lipinski definition) is 2. The first-order valence-corrected chi connectivity index (χ1v) is 7.84. The SMILES string of the molecule is COc1ccc(CNC(=O)C(=O)NC[C@@H](C)c2ccccc2)cc1. The third-order valence-corrected chi connectivity index (χ3v) is 3.76. The van der Waals surface area contributed by atoms with E-state index in [0.29, 0.717) is 13.1 Å². The minimum absolute atomic E-state index is 0.143. The van der Waals surface area contributed by atoms with E-state index in [-0.39, 0.29) is 5.92 Å². The maximum atomic E-state index is 11.9. The fraction of sp³-hybridized carbons (Fsp3) is 0.263. The molecule has 2 amide bonds. The second-order valence-electron chi connectivity index (χ2n) is 5.55. The maximum absolute atomic E-state index is 11.9. The lowest BCUT2D eigenvalue weighted by Gasteiger charge is -2.13. The van der Waals surface area contributed by atoms with Gasteiger partial charge in [0.25, 0.3) is 0 Å². The third-order valence-electron chi connectivity index (χ3n) is 3.76. The Kier molecular flexibility index (Phi) is 6.37. The van der Waals surface area contributed by atoms with E-state index in [1.807, 2.05) is 61.5 Å². The average molecular weight is 326 g/mol. The van der Waals surface area contributed by atoms with Crippen LogP contribution in [0.2, 0.25) is 0 Å². The number of carbonyl (C=O) groups excluding carboxylic acids is 2. The van der Waals surface area contributed by atoms with Crippen LogP contribution in [0.5, 0.6) is 5.75 Å². The molecule has 0 unspecified atom stereocenters. The van der Waals surface area contributed by atoms with E-state index in [4.69, 9.17) is 4.74 Å². The van der Waals surface area contributed by atoms with Gasteiger partial charge in [-0.3, -0.25) is 9.59 Å². The van der Waals surface area contributed by atoms with Crippen molar-refractivity contribution >= 4 is 11.8 Å². The molecule has 0 aliphatic heterocycles. The normalized spacial score (nSPS) is 11.4. The number of benzene rings is 2. The molecule has 2 aromatic rings. The highest BCUT2D eigenvalue weighted by Gasteiger charge is 2.14. The highest BCUT2D eigenvalue weighted by molar-refractivity contribution is 6.35. The van der Waals surface area contributed by atoms with E-state index in [9.17, 15) is 9.59 Å². The molecule has 0 heterocycles. The van der Waals surface area contributed by atoms with E-state index in [1.54, 1.807) is 7.11 Å². The molecule has 0 aromatic heterocycles. The second kappa shape index (κ2) is 8.72. The molecule has 0 saturated heterocycles. The number of ether oxygens (including phenoxy) is 1. The van der Waals surface area contributed by atoms with Crippen LogP contribution in [0.25, 0.3) is 0 Å². The van der Waals surface area contributed by atoms with Gasteiger partial charge in [-0.2, -0.15) is 0 Å². The fourth-order valence-corrected chi connectivity index (χ4v) is 2.23. The molecule has 2 aromatic carbocycles. The van der Waals surface area contributed by atoms with Crippen LogP contribution in [0.15, 0.2) is 54.6 Å². The highest BCUT2D eigenvalue weighted by atomic mass is 16.5. The summed E-state index contributed by atoms with van der Waals surface area (Å²) in [5.41, 5.74) is 2.02. The zero-order chi connectivity index (χ0) is 17.4. The summed E-state index contributed by atoms with van der Waals surface area (Å²) < 4.78 is 5.07. The topological polar surface area (TPSA) is 67.4 Å². The summed E-state index contributed by atoms with van der Waals surface area (Å²) in [4.78, 5) is 23.7. The summed E-state index contributed by atoms with van der Waals surface area (Å²) in [7, 11) is 1.59. The predicted octanol–water partition coefficient (Wildman–Crippen LogP) is 2.23. The van der Waals surface area contributed by atoms with Crippen molar-refractivity contribution in [2.24, 2.45) is 0 Å². The Hall–Kier alpha value is -2.82. The Labute approximate surface area is 142 Å². The summed E-state index contributed by atoms with van der Waals surface area (Å²) in [5, 5.41) is 5.27. The van der Waals surface area contributed by atoms with E-state index < -0.39 is 11.8 Å². The maximum Gasteiger partial charge on any atom is 0.309 e. The van der Waals surface area contributed by atoms with Crippen molar-refractivity contribution in [2.45, 2.75) is 19.4 Å². The van der Waals surface area contributed by atoms with Crippen molar-refractivity contribution in [1.29, 1.82) is 0 Å². The molecule has 0 bridgehead atoms. The first-order chi connectivity index (χ1) is 11.6. The molecule has 2 N–H and O–H groups in total. The van der Waals surface area contributed by atoms with E-state index in [1.165, 1.54) is 0 Å². The number of nitrogens with one attached hydrogen (secondary N) is 2. The second-order valence-corrected chi connectivity index (χ2v) is 5.55. The highest BCUT2D eigenvalue weighted by Crippen LogP contribution is 2.13. The molecular formula is C19H22N2O3. The summed E-state index contributed by atoms with van der Waals surface area (Å²) in [6.07, 6.45) is 0. The standard InChI is InChI=1S/C19H22N2O3/c1-14(16-6-4-3-5-7-16)12-20-18(22)19(23)21-13-15-8-10-17(24-2)11-9-15/h3-11,14H,12-13H2,1-2H3,(H,20,22)(H,21,23)/t14-/m1/s1. The molecular weight excluding hydrogens is 304 g/mol. The quantitative estimate of drug-likeness (QED) is 0.800. The van der Waals surface area contributed by atoms with Crippen LogP contribution >= 0.6 is 0 Å². The molecule has 126 valence electrons. The van der Waals surface area contributed by atoms with Gasteiger partial charge in [0.05, 0.1) is 7.11 Å². The largest absolute Gasteiger partial charge is 0.497 e. The summed E-state index contributed by atoms with van der Waals surface area (Å²) in [6, 6.07) is 17.2. The van der Waals surface area contributed by atoms with Crippen LogP contribution in [-0.2, 0) is 16.1 Å². The first kappa shape index (κ1) is 17.5. The average Bonchev–Trinajstić information content (AvgIpc) is 2.64. The number of rotatable bonds is 6. The zero-order valence-electron chi connectivity index (χ0n) is 13.9. The lowest BCUT2D eigenvalue weighted by Crippen LogP contribution is -2.40. The van der Waals surface area contributed by atoms with Gasteiger partial charge in [0, 0.05) is 13.1 Å². The smallest absolute Gasteiger partial charge is 0.309 e. The van der Waals surface area contributed by atoms with Crippen LogP contribution in [-0.4, -0.2) is 25.5 Å². The van der Waals surface area contributed by atoms with E-state index in [0.717, 1.165) is 16.9 Å². The summed E-state index contributed by atoms with van der Waals surface area (Å²) >= 11 is 0. The molecule has 0 saturated carbocycles. The van der Waals surface area contributed by atoms with Crippen molar-refractivity contribution < 1.29 is 14.3 Å². The predicted molar refractivity (Wildman–Crippen MR) is 92.7 cm³/mol.